The third-order valence-electron chi connectivity index (χ3n) is 2.63. The molecular formula is C11H19N3O6S2. The molecule has 3 atom stereocenters. The summed E-state index contributed by atoms with van der Waals surface area (Å²) in [5.74, 6) is -3.94. The van der Waals surface area contributed by atoms with Crippen molar-refractivity contribution in [2.45, 2.75) is 31.0 Å². The molecule has 0 aromatic rings. The van der Waals surface area contributed by atoms with Crippen LogP contribution in [0.15, 0.2) is 0 Å². The largest absolute Gasteiger partial charge is 0.480 e. The van der Waals surface area contributed by atoms with Crippen LogP contribution in [0.3, 0.4) is 0 Å². The summed E-state index contributed by atoms with van der Waals surface area (Å²) in [7, 11) is 0. The topological polar surface area (TPSA) is 159 Å². The molecule has 0 rings (SSSR count). The zero-order chi connectivity index (χ0) is 17.3. The molecule has 0 spiro atoms. The number of nitrogens with two attached hydrogens (primary N) is 1. The molecular weight excluding hydrogens is 334 g/mol. The lowest BCUT2D eigenvalue weighted by Gasteiger charge is -2.19. The maximum absolute atomic E-state index is 11.8. The van der Waals surface area contributed by atoms with Gasteiger partial charge in [0, 0.05) is 17.9 Å². The van der Waals surface area contributed by atoms with Crippen LogP contribution < -0.4 is 16.4 Å². The second-order valence-electron chi connectivity index (χ2n) is 4.37. The van der Waals surface area contributed by atoms with Gasteiger partial charge in [-0.25, -0.2) is 4.79 Å². The van der Waals surface area contributed by atoms with Gasteiger partial charge in [-0.3, -0.25) is 14.4 Å². The maximum Gasteiger partial charge on any atom is 0.327 e. The molecule has 126 valence electrons. The zero-order valence-corrected chi connectivity index (χ0v) is 13.3. The number of thiol groups is 2. The van der Waals surface area contributed by atoms with Gasteiger partial charge in [0.1, 0.15) is 18.1 Å². The van der Waals surface area contributed by atoms with Crippen molar-refractivity contribution in [3.63, 3.8) is 0 Å². The van der Waals surface area contributed by atoms with E-state index in [0.717, 1.165) is 0 Å². The first-order valence-corrected chi connectivity index (χ1v) is 7.52. The lowest BCUT2D eigenvalue weighted by Crippen LogP contribution is -2.53. The molecule has 0 aliphatic heterocycles. The molecule has 11 heteroatoms. The van der Waals surface area contributed by atoms with Gasteiger partial charge in [-0.05, 0) is 6.42 Å². The van der Waals surface area contributed by atoms with Gasteiger partial charge in [-0.2, -0.15) is 25.3 Å². The van der Waals surface area contributed by atoms with E-state index in [9.17, 15) is 19.2 Å². The van der Waals surface area contributed by atoms with E-state index in [4.69, 9.17) is 15.9 Å². The summed E-state index contributed by atoms with van der Waals surface area (Å²) in [5, 5.41) is 22.0. The number of nitrogens with one attached hydrogen (secondary N) is 2. The Morgan fingerprint density at radius 1 is 0.955 bits per heavy atom. The smallest absolute Gasteiger partial charge is 0.327 e. The van der Waals surface area contributed by atoms with Crippen molar-refractivity contribution in [3.8, 4) is 0 Å². The van der Waals surface area contributed by atoms with Crippen molar-refractivity contribution in [1.82, 2.24) is 10.6 Å². The first kappa shape index (κ1) is 20.5. The summed E-state index contributed by atoms with van der Waals surface area (Å²) in [6, 6.07) is -3.40. The first-order valence-electron chi connectivity index (χ1n) is 6.25. The number of hydrogen-bond donors (Lipinski definition) is 7. The molecule has 2 amide bonds. The van der Waals surface area contributed by atoms with Gasteiger partial charge >= 0.3 is 11.9 Å². The van der Waals surface area contributed by atoms with Crippen molar-refractivity contribution >= 4 is 49.0 Å². The molecule has 0 fully saturated rings. The lowest BCUT2D eigenvalue weighted by molar-refractivity contribution is -0.141. The van der Waals surface area contributed by atoms with E-state index < -0.39 is 41.9 Å². The van der Waals surface area contributed by atoms with E-state index in [1.807, 2.05) is 0 Å². The Morgan fingerprint density at radius 2 is 1.50 bits per heavy atom. The van der Waals surface area contributed by atoms with E-state index in [-0.39, 0.29) is 24.3 Å². The second-order valence-corrected chi connectivity index (χ2v) is 5.10. The number of aliphatic carboxylic acids is 2. The van der Waals surface area contributed by atoms with E-state index >= 15 is 0 Å². The minimum absolute atomic E-state index is 0.0541. The number of amides is 2. The summed E-state index contributed by atoms with van der Waals surface area (Å²) < 4.78 is 0. The fourth-order valence-corrected chi connectivity index (χ4v) is 1.83. The molecule has 0 aromatic heterocycles. The van der Waals surface area contributed by atoms with Crippen LogP contribution in [0.4, 0.5) is 0 Å². The average Bonchev–Trinajstić information content (AvgIpc) is 2.46. The molecule has 0 bridgehead atoms. The highest BCUT2D eigenvalue weighted by atomic mass is 32.1. The number of carbonyl (C=O) groups excluding carboxylic acids is 2. The Morgan fingerprint density at radius 3 is 1.91 bits per heavy atom. The standard InChI is InChI=1S/C11H19N3O6S2/c12-5(10(17)18)1-2-8(15)13-6(3-21)9(16)14-7(4-22)11(19)20/h5-7,21-22H,1-4,12H2,(H,13,15)(H,14,16)(H,17,18)(H,19,20)/t5-,6-,7-/m0/s1. The van der Waals surface area contributed by atoms with E-state index in [1.165, 1.54) is 0 Å². The monoisotopic (exact) mass is 353 g/mol. The Hall–Kier alpha value is -1.46. The van der Waals surface area contributed by atoms with Crippen molar-refractivity contribution < 1.29 is 29.4 Å². The molecule has 0 aliphatic carbocycles. The Labute approximate surface area is 137 Å². The van der Waals surface area contributed by atoms with Crippen molar-refractivity contribution in [2.24, 2.45) is 5.73 Å². The van der Waals surface area contributed by atoms with Crippen LogP contribution in [0.1, 0.15) is 12.8 Å². The number of carbonyl (C=O) groups is 4. The molecule has 9 nitrogen and oxygen atoms in total. The van der Waals surface area contributed by atoms with Gasteiger partial charge in [-0.15, -0.1) is 0 Å². The first-order chi connectivity index (χ1) is 10.2. The third-order valence-corrected chi connectivity index (χ3v) is 3.36. The fourth-order valence-electron chi connectivity index (χ4n) is 1.33. The molecule has 0 heterocycles. The quantitative estimate of drug-likeness (QED) is 0.226. The molecule has 0 saturated heterocycles. The molecule has 0 saturated carbocycles. The lowest BCUT2D eigenvalue weighted by atomic mass is 10.1. The highest BCUT2D eigenvalue weighted by molar-refractivity contribution is 7.80. The molecule has 0 aromatic carbocycles. The van der Waals surface area contributed by atoms with Crippen molar-refractivity contribution in [1.29, 1.82) is 0 Å². The van der Waals surface area contributed by atoms with Crippen LogP contribution in [-0.2, 0) is 19.2 Å². The number of carboxylic acid groups (broad SMARTS) is 2. The SMILES string of the molecule is N[C@@H](CCC(=O)N[C@@H](CS)C(=O)N[C@@H](CS)C(=O)O)C(=O)O. The summed E-state index contributed by atoms with van der Waals surface area (Å²) in [4.78, 5) is 44.8. The van der Waals surface area contributed by atoms with Crippen LogP contribution in [0.2, 0.25) is 0 Å². The number of rotatable bonds is 10. The van der Waals surface area contributed by atoms with Crippen molar-refractivity contribution in [2.75, 3.05) is 11.5 Å². The summed E-state index contributed by atoms with van der Waals surface area (Å²) in [6.07, 6.45) is -0.267. The third kappa shape index (κ3) is 7.52. The predicted octanol–water partition coefficient (Wildman–Crippen LogP) is -1.91. The molecule has 0 radical (unpaired) electrons. The Bertz CT molecular complexity index is 434. The van der Waals surface area contributed by atoms with Crippen LogP contribution in [-0.4, -0.2) is 63.6 Å². The van der Waals surface area contributed by atoms with Gasteiger partial charge in [0.15, 0.2) is 0 Å². The summed E-state index contributed by atoms with van der Waals surface area (Å²) in [5.41, 5.74) is 5.26. The normalized spacial score (nSPS) is 14.5. The van der Waals surface area contributed by atoms with Gasteiger partial charge in [0.05, 0.1) is 0 Å². The highest BCUT2D eigenvalue weighted by Gasteiger charge is 2.25. The molecule has 6 N–H and O–H groups in total. The fraction of sp³-hybridized carbons (Fsp3) is 0.636. The van der Waals surface area contributed by atoms with Gasteiger partial charge < -0.3 is 26.6 Å². The summed E-state index contributed by atoms with van der Waals surface area (Å²) >= 11 is 7.71. The number of carboxylic acids is 2. The van der Waals surface area contributed by atoms with E-state index in [2.05, 4.69) is 35.9 Å². The predicted molar refractivity (Wildman–Crippen MR) is 84.0 cm³/mol. The van der Waals surface area contributed by atoms with E-state index in [0.29, 0.717) is 0 Å². The van der Waals surface area contributed by atoms with Crippen molar-refractivity contribution in [3.05, 3.63) is 0 Å². The molecule has 22 heavy (non-hydrogen) atoms. The molecule has 0 unspecified atom stereocenters. The Balaban J connectivity index is 4.45. The minimum atomic E-state index is -1.25. The second kappa shape index (κ2) is 10.3. The maximum atomic E-state index is 11.8. The minimum Gasteiger partial charge on any atom is -0.480 e. The van der Waals surface area contributed by atoms with Crippen LogP contribution in [0, 0.1) is 0 Å². The van der Waals surface area contributed by atoms with Crippen LogP contribution in [0.5, 0.6) is 0 Å². The molecule has 0 aliphatic rings. The van der Waals surface area contributed by atoms with Crippen LogP contribution >= 0.6 is 25.3 Å². The Kier molecular flexibility index (Phi) is 9.61. The number of hydrogen-bond acceptors (Lipinski definition) is 7. The zero-order valence-electron chi connectivity index (χ0n) is 11.6. The van der Waals surface area contributed by atoms with Gasteiger partial charge in [-0.1, -0.05) is 0 Å². The summed E-state index contributed by atoms with van der Waals surface area (Å²) in [6.45, 7) is 0. The van der Waals surface area contributed by atoms with Gasteiger partial charge in [0.25, 0.3) is 0 Å². The van der Waals surface area contributed by atoms with Crippen LogP contribution in [0.25, 0.3) is 0 Å². The van der Waals surface area contributed by atoms with Gasteiger partial charge in [0.2, 0.25) is 11.8 Å². The highest BCUT2D eigenvalue weighted by Crippen LogP contribution is 1.98. The average molecular weight is 353 g/mol. The van der Waals surface area contributed by atoms with E-state index in [1.54, 1.807) is 0 Å².